The Labute approximate surface area is 89.9 Å². The van der Waals surface area contributed by atoms with Crippen LogP contribution in [0.5, 0.6) is 0 Å². The molecule has 2 heteroatoms. The van der Waals surface area contributed by atoms with Crippen molar-refractivity contribution in [2.75, 3.05) is 0 Å². The van der Waals surface area contributed by atoms with Gasteiger partial charge in [0.15, 0.2) is 0 Å². The maximum atomic E-state index is 10.9. The lowest BCUT2D eigenvalue weighted by atomic mass is 9.81. The first-order chi connectivity index (χ1) is 7.27. The molecule has 80 valence electrons. The van der Waals surface area contributed by atoms with Crippen LogP contribution in [0.3, 0.4) is 0 Å². The summed E-state index contributed by atoms with van der Waals surface area (Å²) in [6.45, 7) is 0. The average Bonchev–Trinajstić information content (AvgIpc) is 2.16. The van der Waals surface area contributed by atoms with Crippen molar-refractivity contribution in [2.45, 2.75) is 32.1 Å². The van der Waals surface area contributed by atoms with Crippen LogP contribution >= 0.6 is 0 Å². The third-order valence-corrected chi connectivity index (χ3v) is 3.29. The standard InChI is InChI=1S/C13H16O2/c14-13(15)12-7-2-1-6-11(12)9-8-10-4-3-5-10/h1-2,6-7,10H,3-5,8-9H2,(H,14,15). The molecule has 1 aliphatic rings. The first-order valence-electron chi connectivity index (χ1n) is 5.58. The fourth-order valence-electron chi connectivity index (χ4n) is 2.09. The summed E-state index contributed by atoms with van der Waals surface area (Å²) in [6, 6.07) is 7.33. The highest BCUT2D eigenvalue weighted by molar-refractivity contribution is 5.89. The van der Waals surface area contributed by atoms with Crippen LogP contribution in [-0.4, -0.2) is 11.1 Å². The van der Waals surface area contributed by atoms with E-state index in [2.05, 4.69) is 0 Å². The van der Waals surface area contributed by atoms with Gasteiger partial charge in [-0.05, 0) is 30.4 Å². The van der Waals surface area contributed by atoms with Crippen molar-refractivity contribution in [3.63, 3.8) is 0 Å². The Balaban J connectivity index is 2.02. The quantitative estimate of drug-likeness (QED) is 0.818. The van der Waals surface area contributed by atoms with Gasteiger partial charge in [0.05, 0.1) is 5.56 Å². The van der Waals surface area contributed by atoms with Crippen molar-refractivity contribution in [3.8, 4) is 0 Å². The Morgan fingerprint density at radius 1 is 1.33 bits per heavy atom. The molecule has 15 heavy (non-hydrogen) atoms. The molecule has 0 bridgehead atoms. The van der Waals surface area contributed by atoms with E-state index in [9.17, 15) is 4.79 Å². The molecule has 0 amide bonds. The molecule has 1 saturated carbocycles. The van der Waals surface area contributed by atoms with Crippen LogP contribution in [0.1, 0.15) is 41.6 Å². The van der Waals surface area contributed by atoms with E-state index in [-0.39, 0.29) is 0 Å². The Bertz CT molecular complexity index is 353. The molecule has 2 rings (SSSR count). The minimum absolute atomic E-state index is 0.469. The summed E-state index contributed by atoms with van der Waals surface area (Å²) >= 11 is 0. The Kier molecular flexibility index (Phi) is 3.05. The molecule has 0 spiro atoms. The van der Waals surface area contributed by atoms with Crippen LogP contribution in [-0.2, 0) is 6.42 Å². The van der Waals surface area contributed by atoms with E-state index in [1.807, 2.05) is 12.1 Å². The molecular formula is C13H16O2. The van der Waals surface area contributed by atoms with E-state index in [0.29, 0.717) is 5.56 Å². The van der Waals surface area contributed by atoms with Crippen molar-refractivity contribution in [2.24, 2.45) is 5.92 Å². The largest absolute Gasteiger partial charge is 0.478 e. The normalized spacial score (nSPS) is 16.0. The predicted octanol–water partition coefficient (Wildman–Crippen LogP) is 3.12. The summed E-state index contributed by atoms with van der Waals surface area (Å²) < 4.78 is 0. The minimum Gasteiger partial charge on any atom is -0.478 e. The minimum atomic E-state index is -0.806. The first kappa shape index (κ1) is 10.2. The summed E-state index contributed by atoms with van der Waals surface area (Å²) in [5.41, 5.74) is 1.45. The van der Waals surface area contributed by atoms with E-state index in [0.717, 1.165) is 24.3 Å². The number of benzene rings is 1. The van der Waals surface area contributed by atoms with Gasteiger partial charge in [-0.25, -0.2) is 4.79 Å². The van der Waals surface area contributed by atoms with Crippen LogP contribution in [0.15, 0.2) is 24.3 Å². The van der Waals surface area contributed by atoms with Crippen LogP contribution in [0.4, 0.5) is 0 Å². The van der Waals surface area contributed by atoms with Crippen molar-refractivity contribution in [1.82, 2.24) is 0 Å². The molecule has 2 nitrogen and oxygen atoms in total. The number of rotatable bonds is 4. The lowest BCUT2D eigenvalue weighted by Crippen LogP contribution is -2.12. The molecular weight excluding hydrogens is 188 g/mol. The van der Waals surface area contributed by atoms with Crippen LogP contribution < -0.4 is 0 Å². The SMILES string of the molecule is O=C(O)c1ccccc1CCC1CCC1. The smallest absolute Gasteiger partial charge is 0.335 e. The van der Waals surface area contributed by atoms with Gasteiger partial charge in [-0.15, -0.1) is 0 Å². The molecule has 0 unspecified atom stereocenters. The molecule has 0 saturated heterocycles. The van der Waals surface area contributed by atoms with Crippen LogP contribution in [0, 0.1) is 5.92 Å². The van der Waals surface area contributed by atoms with Gasteiger partial charge in [0.1, 0.15) is 0 Å². The number of aromatic carboxylic acids is 1. The number of aryl methyl sites for hydroxylation is 1. The third-order valence-electron chi connectivity index (χ3n) is 3.29. The molecule has 0 atom stereocenters. The fourth-order valence-corrected chi connectivity index (χ4v) is 2.09. The molecule has 1 N–H and O–H groups in total. The molecule has 0 aromatic heterocycles. The molecule has 1 aliphatic carbocycles. The van der Waals surface area contributed by atoms with E-state index in [4.69, 9.17) is 5.11 Å². The Hall–Kier alpha value is -1.31. The van der Waals surface area contributed by atoms with Gasteiger partial charge in [0.25, 0.3) is 0 Å². The predicted molar refractivity (Wildman–Crippen MR) is 59.1 cm³/mol. The molecule has 0 heterocycles. The number of carboxylic acids is 1. The summed E-state index contributed by atoms with van der Waals surface area (Å²) in [5.74, 6) is 0.0334. The molecule has 1 fully saturated rings. The summed E-state index contributed by atoms with van der Waals surface area (Å²) in [6.07, 6.45) is 6.06. The molecule has 0 aliphatic heterocycles. The number of carboxylic acid groups (broad SMARTS) is 1. The molecule has 1 aromatic carbocycles. The van der Waals surface area contributed by atoms with E-state index < -0.39 is 5.97 Å². The Morgan fingerprint density at radius 3 is 2.67 bits per heavy atom. The zero-order valence-corrected chi connectivity index (χ0v) is 8.78. The van der Waals surface area contributed by atoms with Gasteiger partial charge >= 0.3 is 5.97 Å². The second-order valence-electron chi connectivity index (χ2n) is 4.30. The van der Waals surface area contributed by atoms with Crippen molar-refractivity contribution in [3.05, 3.63) is 35.4 Å². The molecule has 1 aromatic rings. The summed E-state index contributed by atoms with van der Waals surface area (Å²) in [7, 11) is 0. The topological polar surface area (TPSA) is 37.3 Å². The van der Waals surface area contributed by atoms with Gasteiger partial charge in [0, 0.05) is 0 Å². The van der Waals surface area contributed by atoms with Gasteiger partial charge in [-0.3, -0.25) is 0 Å². The molecule has 0 radical (unpaired) electrons. The zero-order chi connectivity index (χ0) is 10.7. The number of hydrogen-bond donors (Lipinski definition) is 1. The van der Waals surface area contributed by atoms with Gasteiger partial charge < -0.3 is 5.11 Å². The number of carbonyl (C=O) groups is 1. The maximum Gasteiger partial charge on any atom is 0.335 e. The zero-order valence-electron chi connectivity index (χ0n) is 8.78. The monoisotopic (exact) mass is 204 g/mol. The summed E-state index contributed by atoms with van der Waals surface area (Å²) in [5, 5.41) is 9.00. The highest BCUT2D eigenvalue weighted by atomic mass is 16.4. The highest BCUT2D eigenvalue weighted by Crippen LogP contribution is 2.30. The van der Waals surface area contributed by atoms with E-state index >= 15 is 0 Å². The number of hydrogen-bond acceptors (Lipinski definition) is 1. The lowest BCUT2D eigenvalue weighted by molar-refractivity contribution is 0.0695. The van der Waals surface area contributed by atoms with Crippen LogP contribution in [0.25, 0.3) is 0 Å². The maximum absolute atomic E-state index is 10.9. The third kappa shape index (κ3) is 2.38. The van der Waals surface area contributed by atoms with Crippen molar-refractivity contribution in [1.29, 1.82) is 0 Å². The lowest BCUT2D eigenvalue weighted by Gasteiger charge is -2.25. The van der Waals surface area contributed by atoms with Gasteiger partial charge in [0.2, 0.25) is 0 Å². The van der Waals surface area contributed by atoms with Crippen molar-refractivity contribution < 1.29 is 9.90 Å². The first-order valence-corrected chi connectivity index (χ1v) is 5.58. The second-order valence-corrected chi connectivity index (χ2v) is 4.30. The van der Waals surface area contributed by atoms with Crippen LogP contribution in [0.2, 0.25) is 0 Å². The van der Waals surface area contributed by atoms with Crippen molar-refractivity contribution >= 4 is 5.97 Å². The summed E-state index contributed by atoms with van der Waals surface area (Å²) in [4.78, 5) is 10.9. The average molecular weight is 204 g/mol. The van der Waals surface area contributed by atoms with E-state index in [1.54, 1.807) is 12.1 Å². The Morgan fingerprint density at radius 2 is 2.07 bits per heavy atom. The fraction of sp³-hybridized carbons (Fsp3) is 0.462. The highest BCUT2D eigenvalue weighted by Gasteiger charge is 2.18. The van der Waals surface area contributed by atoms with E-state index in [1.165, 1.54) is 19.3 Å². The second kappa shape index (κ2) is 4.47. The van der Waals surface area contributed by atoms with Gasteiger partial charge in [-0.1, -0.05) is 37.5 Å². The van der Waals surface area contributed by atoms with Gasteiger partial charge in [-0.2, -0.15) is 0 Å².